The molecule has 0 aliphatic carbocycles. The molecular formula is C27H34N2O5. The van der Waals surface area contributed by atoms with Crippen molar-refractivity contribution in [1.82, 2.24) is 4.90 Å². The molecule has 0 fully saturated rings. The highest BCUT2D eigenvalue weighted by atomic mass is 16.5. The number of phenols is 1. The smallest absolute Gasteiger partial charge is 0.337 e. The standard InChI is InChI=1S/C27H34N2O5/c1-26(2,3)19-11-17(12-20(22(19)31)27(4,5)6)21(30)14-29-13-16-9-8-15(10-18(16)24(29)28)23(34-7)25(32)33/h8-12,23,28,31H,13-14H2,1-7H3,(H,32,33). The molecular weight excluding hydrogens is 432 g/mol. The van der Waals surface area contributed by atoms with Gasteiger partial charge in [-0.3, -0.25) is 10.2 Å². The Bertz CT molecular complexity index is 1120. The van der Waals surface area contributed by atoms with Crippen molar-refractivity contribution in [3.8, 4) is 5.75 Å². The number of phenolic OH excluding ortho intramolecular Hbond substituents is 1. The number of hydrogen-bond acceptors (Lipinski definition) is 5. The second-order valence-electron chi connectivity index (χ2n) is 10.9. The molecule has 182 valence electrons. The van der Waals surface area contributed by atoms with Crippen LogP contribution in [0.5, 0.6) is 5.75 Å². The van der Waals surface area contributed by atoms with Crippen molar-refractivity contribution in [2.75, 3.05) is 13.7 Å². The van der Waals surface area contributed by atoms with Crippen LogP contribution in [-0.2, 0) is 26.9 Å². The van der Waals surface area contributed by atoms with Crippen LogP contribution in [0.1, 0.15) is 85.8 Å². The summed E-state index contributed by atoms with van der Waals surface area (Å²) >= 11 is 0. The Labute approximate surface area is 200 Å². The summed E-state index contributed by atoms with van der Waals surface area (Å²) in [4.78, 5) is 26.5. The van der Waals surface area contributed by atoms with Crippen LogP contribution in [0.4, 0.5) is 0 Å². The van der Waals surface area contributed by atoms with E-state index in [1.807, 2.05) is 41.5 Å². The molecule has 1 atom stereocenters. The number of Topliss-reactive ketones (excluding diaryl/α,β-unsaturated/α-hetero) is 1. The van der Waals surface area contributed by atoms with Gasteiger partial charge in [0.25, 0.3) is 0 Å². The lowest BCUT2D eigenvalue weighted by atomic mass is 9.78. The molecule has 3 N–H and O–H groups in total. The van der Waals surface area contributed by atoms with Gasteiger partial charge in [0.2, 0.25) is 0 Å². The summed E-state index contributed by atoms with van der Waals surface area (Å²) in [5, 5.41) is 28.9. The minimum atomic E-state index is -1.11. The van der Waals surface area contributed by atoms with Crippen LogP contribution in [0.2, 0.25) is 0 Å². The van der Waals surface area contributed by atoms with Gasteiger partial charge in [-0.2, -0.15) is 0 Å². The number of amidine groups is 1. The summed E-state index contributed by atoms with van der Waals surface area (Å²) < 4.78 is 5.07. The van der Waals surface area contributed by atoms with Crippen molar-refractivity contribution < 1.29 is 24.5 Å². The first-order valence-corrected chi connectivity index (χ1v) is 11.3. The normalized spacial score (nSPS) is 14.8. The van der Waals surface area contributed by atoms with Crippen molar-refractivity contribution >= 4 is 17.6 Å². The summed E-state index contributed by atoms with van der Waals surface area (Å²) in [5.41, 5.74) is 3.14. The summed E-state index contributed by atoms with van der Waals surface area (Å²) in [6, 6.07) is 8.64. The van der Waals surface area contributed by atoms with E-state index in [2.05, 4.69) is 0 Å². The molecule has 1 unspecified atom stereocenters. The van der Waals surface area contributed by atoms with Crippen LogP contribution >= 0.6 is 0 Å². The molecule has 34 heavy (non-hydrogen) atoms. The summed E-state index contributed by atoms with van der Waals surface area (Å²) in [6.07, 6.45) is -1.11. The number of rotatable bonds is 6. The minimum absolute atomic E-state index is 0.00737. The van der Waals surface area contributed by atoms with E-state index in [9.17, 15) is 19.8 Å². The number of carbonyl (C=O) groups is 2. The molecule has 0 aromatic heterocycles. The highest BCUT2D eigenvalue weighted by Gasteiger charge is 2.31. The van der Waals surface area contributed by atoms with Gasteiger partial charge < -0.3 is 19.8 Å². The number of ketones is 1. The molecule has 2 aromatic carbocycles. The molecule has 0 radical (unpaired) electrons. The first-order chi connectivity index (χ1) is 15.6. The second kappa shape index (κ2) is 8.87. The largest absolute Gasteiger partial charge is 0.507 e. The maximum absolute atomic E-state index is 13.4. The van der Waals surface area contributed by atoms with Crippen molar-refractivity contribution in [3.63, 3.8) is 0 Å². The molecule has 0 amide bonds. The van der Waals surface area contributed by atoms with Gasteiger partial charge in [0.05, 0.1) is 6.54 Å². The molecule has 3 rings (SSSR count). The van der Waals surface area contributed by atoms with Gasteiger partial charge in [-0.15, -0.1) is 0 Å². The van der Waals surface area contributed by atoms with E-state index in [-0.39, 0.29) is 34.7 Å². The number of aromatic hydroxyl groups is 1. The Morgan fingerprint density at radius 3 is 2.09 bits per heavy atom. The Hall–Kier alpha value is -3.19. The lowest BCUT2D eigenvalue weighted by molar-refractivity contribution is -0.148. The van der Waals surface area contributed by atoms with Gasteiger partial charge in [-0.05, 0) is 40.2 Å². The van der Waals surface area contributed by atoms with Gasteiger partial charge in [0.1, 0.15) is 11.6 Å². The molecule has 1 heterocycles. The molecule has 7 nitrogen and oxygen atoms in total. The predicted molar refractivity (Wildman–Crippen MR) is 131 cm³/mol. The average Bonchev–Trinajstić information content (AvgIpc) is 3.01. The van der Waals surface area contributed by atoms with E-state index >= 15 is 0 Å². The molecule has 0 spiro atoms. The Balaban J connectivity index is 1.91. The topological polar surface area (TPSA) is 111 Å². The van der Waals surface area contributed by atoms with E-state index in [1.54, 1.807) is 35.2 Å². The maximum Gasteiger partial charge on any atom is 0.337 e. The SMILES string of the molecule is COC(C(=O)O)c1ccc2c(c1)C(=N)N(CC(=O)c1cc(C(C)(C)C)c(O)c(C(C)(C)C)c1)C2. The fraction of sp³-hybridized carbons (Fsp3) is 0.444. The third-order valence-electron chi connectivity index (χ3n) is 6.21. The zero-order valence-corrected chi connectivity index (χ0v) is 20.9. The minimum Gasteiger partial charge on any atom is -0.507 e. The van der Waals surface area contributed by atoms with Crippen LogP contribution in [0.25, 0.3) is 0 Å². The fourth-order valence-electron chi connectivity index (χ4n) is 4.29. The fourth-order valence-corrected chi connectivity index (χ4v) is 4.29. The van der Waals surface area contributed by atoms with Crippen LogP contribution < -0.4 is 0 Å². The summed E-state index contributed by atoms with van der Waals surface area (Å²) in [5.74, 6) is -0.849. The number of carboxylic acid groups (broad SMARTS) is 1. The van der Waals surface area contributed by atoms with E-state index in [4.69, 9.17) is 10.1 Å². The molecule has 1 aliphatic heterocycles. The number of aliphatic carboxylic acids is 1. The monoisotopic (exact) mass is 466 g/mol. The van der Waals surface area contributed by atoms with Crippen LogP contribution in [0.3, 0.4) is 0 Å². The van der Waals surface area contributed by atoms with Gasteiger partial charge in [0.15, 0.2) is 11.9 Å². The maximum atomic E-state index is 13.4. The van der Waals surface area contributed by atoms with Gasteiger partial charge in [-0.25, -0.2) is 4.79 Å². The predicted octanol–water partition coefficient (Wildman–Crippen LogP) is 4.78. The number of nitrogens with one attached hydrogen (secondary N) is 1. The van der Waals surface area contributed by atoms with Gasteiger partial charge in [0, 0.05) is 35.9 Å². The van der Waals surface area contributed by atoms with Crippen LogP contribution in [0.15, 0.2) is 30.3 Å². The number of methoxy groups -OCH3 is 1. The molecule has 0 saturated carbocycles. The Morgan fingerprint density at radius 1 is 1.06 bits per heavy atom. The number of ether oxygens (including phenoxy) is 1. The summed E-state index contributed by atoms with van der Waals surface area (Å²) in [7, 11) is 1.33. The Morgan fingerprint density at radius 2 is 1.62 bits per heavy atom. The lowest BCUT2D eigenvalue weighted by Gasteiger charge is -2.28. The van der Waals surface area contributed by atoms with E-state index in [0.717, 1.165) is 5.56 Å². The Kier molecular flexibility index (Phi) is 6.64. The molecule has 1 aliphatic rings. The zero-order valence-electron chi connectivity index (χ0n) is 20.9. The number of fused-ring (bicyclic) bond motifs is 1. The quantitative estimate of drug-likeness (QED) is 0.528. The second-order valence-corrected chi connectivity index (χ2v) is 10.9. The number of hydrogen-bond donors (Lipinski definition) is 3. The third-order valence-corrected chi connectivity index (χ3v) is 6.21. The first-order valence-electron chi connectivity index (χ1n) is 11.3. The van der Waals surface area contributed by atoms with Crippen molar-refractivity contribution in [3.05, 3.63) is 63.7 Å². The zero-order chi connectivity index (χ0) is 25.6. The van der Waals surface area contributed by atoms with Crippen LogP contribution in [0, 0.1) is 5.41 Å². The van der Waals surface area contributed by atoms with Crippen molar-refractivity contribution in [1.29, 1.82) is 5.41 Å². The highest BCUT2D eigenvalue weighted by molar-refractivity contribution is 6.05. The number of carboxylic acids is 1. The molecule has 2 aromatic rings. The van der Waals surface area contributed by atoms with Gasteiger partial charge in [-0.1, -0.05) is 53.7 Å². The first kappa shape index (κ1) is 25.4. The van der Waals surface area contributed by atoms with Crippen LogP contribution in [-0.4, -0.2) is 46.4 Å². The third kappa shape index (κ3) is 4.85. The van der Waals surface area contributed by atoms with Crippen molar-refractivity contribution in [2.24, 2.45) is 0 Å². The molecule has 0 bridgehead atoms. The van der Waals surface area contributed by atoms with Crippen molar-refractivity contribution in [2.45, 2.75) is 65.0 Å². The number of nitrogens with zero attached hydrogens (tertiary/aromatic N) is 1. The average molecular weight is 467 g/mol. The highest BCUT2D eigenvalue weighted by Crippen LogP contribution is 2.40. The summed E-state index contributed by atoms with van der Waals surface area (Å²) in [6.45, 7) is 12.4. The van der Waals surface area contributed by atoms with E-state index in [1.165, 1.54) is 7.11 Å². The lowest BCUT2D eigenvalue weighted by Crippen LogP contribution is -2.30. The van der Waals surface area contributed by atoms with E-state index < -0.39 is 12.1 Å². The number of benzene rings is 2. The molecule has 7 heteroatoms. The van der Waals surface area contributed by atoms with E-state index in [0.29, 0.717) is 34.4 Å². The number of carbonyl (C=O) groups excluding carboxylic acids is 1. The van der Waals surface area contributed by atoms with Gasteiger partial charge >= 0.3 is 5.97 Å². The molecule has 0 saturated heterocycles.